The monoisotopic (exact) mass is 498 g/mol. The van der Waals surface area contributed by atoms with Crippen LogP contribution in [0.5, 0.6) is 0 Å². The van der Waals surface area contributed by atoms with Crippen LogP contribution in [0.15, 0.2) is 95.3 Å². The third-order valence-corrected chi connectivity index (χ3v) is 6.77. The molecule has 2 aromatic heterocycles. The first-order valence-electron chi connectivity index (χ1n) is 11.2. The number of hydrogen-bond donors (Lipinski definition) is 2. The van der Waals surface area contributed by atoms with Crippen LogP contribution in [0.1, 0.15) is 22.4 Å². The molecule has 2 heterocycles. The van der Waals surface area contributed by atoms with Crippen molar-refractivity contribution < 1.29 is 10.3 Å². The van der Waals surface area contributed by atoms with Crippen LogP contribution in [-0.2, 0) is 19.7 Å². The highest BCUT2D eigenvalue weighted by atomic mass is 35.5. The van der Waals surface area contributed by atoms with Gasteiger partial charge in [-0.3, -0.25) is 4.79 Å². The van der Waals surface area contributed by atoms with Gasteiger partial charge in [-0.05, 0) is 58.1 Å². The summed E-state index contributed by atoms with van der Waals surface area (Å²) in [4.78, 5) is 17.1. The Balaban J connectivity index is 1.82. The summed E-state index contributed by atoms with van der Waals surface area (Å²) in [5.41, 5.74) is 2.99. The van der Waals surface area contributed by atoms with Crippen LogP contribution in [0.25, 0.3) is 22.0 Å². The SMILES string of the molecule is Cn1cncc1C(O)(c1ccc(Cl)cc1)c1ccc2c(c1)c(-c1cccc(C=NO)c1)cc(=O)n2C. The first-order valence-corrected chi connectivity index (χ1v) is 11.6. The molecule has 5 rings (SSSR count). The summed E-state index contributed by atoms with van der Waals surface area (Å²) in [6, 6.07) is 21.6. The first kappa shape index (κ1) is 23.5. The molecule has 0 aliphatic rings. The maximum atomic E-state index is 12.8. The topological polar surface area (TPSA) is 92.6 Å². The predicted molar refractivity (Wildman–Crippen MR) is 141 cm³/mol. The van der Waals surface area contributed by atoms with E-state index in [2.05, 4.69) is 10.1 Å². The summed E-state index contributed by atoms with van der Waals surface area (Å²) < 4.78 is 3.35. The van der Waals surface area contributed by atoms with Gasteiger partial charge in [0.1, 0.15) is 0 Å². The number of aliphatic hydroxyl groups is 1. The van der Waals surface area contributed by atoms with Gasteiger partial charge in [0, 0.05) is 30.6 Å². The summed E-state index contributed by atoms with van der Waals surface area (Å²) in [5.74, 6) is 0. The standard InChI is InChI=1S/C28H23ClN4O3/c1-32-17-30-16-26(32)28(35,20-6-9-22(29)10-7-20)21-8-11-25-24(13-21)23(14-27(34)33(25)2)19-5-3-4-18(12-19)15-31-36/h3-17,35-36H,1-2H3. The van der Waals surface area contributed by atoms with Crippen molar-refractivity contribution in [3.05, 3.63) is 123 Å². The Labute approximate surface area is 212 Å². The molecule has 7 nitrogen and oxygen atoms in total. The smallest absolute Gasteiger partial charge is 0.251 e. The maximum absolute atomic E-state index is 12.8. The van der Waals surface area contributed by atoms with Gasteiger partial charge in [-0.2, -0.15) is 0 Å². The number of halogens is 1. The lowest BCUT2D eigenvalue weighted by Gasteiger charge is -2.30. The van der Waals surface area contributed by atoms with E-state index < -0.39 is 5.60 Å². The predicted octanol–water partition coefficient (Wildman–Crippen LogP) is 4.68. The van der Waals surface area contributed by atoms with E-state index >= 15 is 0 Å². The van der Waals surface area contributed by atoms with E-state index in [1.54, 1.807) is 65.1 Å². The Morgan fingerprint density at radius 1 is 1.00 bits per heavy atom. The zero-order chi connectivity index (χ0) is 25.4. The van der Waals surface area contributed by atoms with E-state index in [0.717, 1.165) is 10.9 Å². The average molecular weight is 499 g/mol. The molecule has 5 aromatic rings. The third-order valence-electron chi connectivity index (χ3n) is 6.52. The van der Waals surface area contributed by atoms with Crippen LogP contribution < -0.4 is 5.56 Å². The van der Waals surface area contributed by atoms with Crippen molar-refractivity contribution in [1.29, 1.82) is 0 Å². The van der Waals surface area contributed by atoms with Crippen molar-refractivity contribution in [1.82, 2.24) is 14.1 Å². The number of oxime groups is 1. The second-order valence-corrected chi connectivity index (χ2v) is 9.10. The Morgan fingerprint density at radius 2 is 1.75 bits per heavy atom. The number of imidazole rings is 1. The van der Waals surface area contributed by atoms with Gasteiger partial charge >= 0.3 is 0 Å². The molecule has 0 fully saturated rings. The molecule has 0 saturated carbocycles. The molecule has 1 unspecified atom stereocenters. The van der Waals surface area contributed by atoms with E-state index in [-0.39, 0.29) is 5.56 Å². The highest BCUT2D eigenvalue weighted by molar-refractivity contribution is 6.30. The molecule has 180 valence electrons. The van der Waals surface area contributed by atoms with E-state index in [9.17, 15) is 9.90 Å². The minimum absolute atomic E-state index is 0.161. The van der Waals surface area contributed by atoms with Gasteiger partial charge in [0.15, 0.2) is 5.60 Å². The number of pyridine rings is 1. The first-order chi connectivity index (χ1) is 17.3. The fourth-order valence-corrected chi connectivity index (χ4v) is 4.76. The Bertz CT molecular complexity index is 1670. The molecule has 0 saturated heterocycles. The quantitative estimate of drug-likeness (QED) is 0.209. The summed E-state index contributed by atoms with van der Waals surface area (Å²) >= 11 is 6.14. The van der Waals surface area contributed by atoms with Crippen molar-refractivity contribution >= 4 is 28.7 Å². The second-order valence-electron chi connectivity index (χ2n) is 8.66. The maximum Gasteiger partial charge on any atom is 0.251 e. The molecule has 0 radical (unpaired) electrons. The van der Waals surface area contributed by atoms with Gasteiger partial charge in [0.05, 0.1) is 29.9 Å². The molecule has 8 heteroatoms. The average Bonchev–Trinajstić information content (AvgIpc) is 3.32. The fourth-order valence-electron chi connectivity index (χ4n) is 4.64. The van der Waals surface area contributed by atoms with Gasteiger partial charge < -0.3 is 19.4 Å². The van der Waals surface area contributed by atoms with Gasteiger partial charge in [-0.25, -0.2) is 4.98 Å². The van der Waals surface area contributed by atoms with Crippen LogP contribution in [0, 0.1) is 0 Å². The van der Waals surface area contributed by atoms with Crippen LogP contribution in [0.2, 0.25) is 5.02 Å². The zero-order valence-electron chi connectivity index (χ0n) is 19.6. The van der Waals surface area contributed by atoms with E-state index in [0.29, 0.717) is 38.5 Å². The third kappa shape index (κ3) is 3.88. The van der Waals surface area contributed by atoms with Crippen LogP contribution >= 0.6 is 11.6 Å². The van der Waals surface area contributed by atoms with Crippen molar-refractivity contribution in [2.45, 2.75) is 5.60 Å². The summed E-state index contributed by atoms with van der Waals surface area (Å²) in [7, 11) is 3.54. The highest BCUT2D eigenvalue weighted by Gasteiger charge is 2.37. The molecule has 0 bridgehead atoms. The van der Waals surface area contributed by atoms with Crippen LogP contribution in [0.3, 0.4) is 0 Å². The van der Waals surface area contributed by atoms with Gasteiger partial charge in [-0.1, -0.05) is 53.2 Å². The molecular weight excluding hydrogens is 476 g/mol. The number of rotatable bonds is 5. The van der Waals surface area contributed by atoms with Crippen molar-refractivity contribution in [2.24, 2.45) is 19.3 Å². The second kappa shape index (κ2) is 9.11. The van der Waals surface area contributed by atoms with Gasteiger partial charge in [-0.15, -0.1) is 0 Å². The molecule has 1 atom stereocenters. The number of benzene rings is 3. The molecule has 2 N–H and O–H groups in total. The van der Waals surface area contributed by atoms with E-state index in [4.69, 9.17) is 16.8 Å². The zero-order valence-corrected chi connectivity index (χ0v) is 20.4. The van der Waals surface area contributed by atoms with E-state index in [1.165, 1.54) is 6.21 Å². The summed E-state index contributed by atoms with van der Waals surface area (Å²) in [6.07, 6.45) is 4.61. The number of hydrogen-bond acceptors (Lipinski definition) is 5. The Morgan fingerprint density at radius 3 is 2.44 bits per heavy atom. The summed E-state index contributed by atoms with van der Waals surface area (Å²) in [6.45, 7) is 0. The lowest BCUT2D eigenvalue weighted by atomic mass is 9.82. The van der Waals surface area contributed by atoms with Gasteiger partial charge in [0.2, 0.25) is 0 Å². The lowest BCUT2D eigenvalue weighted by molar-refractivity contribution is 0.117. The normalized spacial score (nSPS) is 13.3. The minimum Gasteiger partial charge on any atom is -0.411 e. The molecule has 0 aliphatic carbocycles. The van der Waals surface area contributed by atoms with Gasteiger partial charge in [0.25, 0.3) is 5.56 Å². The Hall–Kier alpha value is -4.20. The number of aryl methyl sites for hydroxylation is 2. The number of fused-ring (bicyclic) bond motifs is 1. The molecule has 0 aliphatic heterocycles. The van der Waals surface area contributed by atoms with Crippen LogP contribution in [-0.4, -0.2) is 30.6 Å². The fraction of sp³-hybridized carbons (Fsp3) is 0.107. The van der Waals surface area contributed by atoms with Crippen molar-refractivity contribution in [2.75, 3.05) is 0 Å². The van der Waals surface area contributed by atoms with Crippen molar-refractivity contribution in [3.63, 3.8) is 0 Å². The molecule has 36 heavy (non-hydrogen) atoms. The molecule has 3 aromatic carbocycles. The largest absolute Gasteiger partial charge is 0.411 e. The Kier molecular flexibility index (Phi) is 5.96. The molecular formula is C28H23ClN4O3. The number of aromatic nitrogens is 3. The summed E-state index contributed by atoms with van der Waals surface area (Å²) in [5, 5.41) is 25.8. The van der Waals surface area contributed by atoms with Crippen molar-refractivity contribution in [3.8, 4) is 11.1 Å². The van der Waals surface area contributed by atoms with E-state index in [1.807, 2.05) is 43.4 Å². The highest BCUT2D eigenvalue weighted by Crippen LogP contribution is 2.39. The number of nitrogens with zero attached hydrogens (tertiary/aromatic N) is 4. The minimum atomic E-state index is -1.54. The lowest BCUT2D eigenvalue weighted by Crippen LogP contribution is -2.31. The molecule has 0 spiro atoms. The van der Waals surface area contributed by atoms with Crippen LogP contribution in [0.4, 0.5) is 0 Å². The molecule has 0 amide bonds.